The number of ether oxygens (including phenoxy) is 1. The maximum absolute atomic E-state index is 12.0. The molecule has 1 aromatic rings. The van der Waals surface area contributed by atoms with E-state index in [0.717, 1.165) is 0 Å². The number of carbonyl (C=O) groups is 2. The molecular weight excluding hydrogens is 324 g/mol. The number of carbonyl (C=O) groups excluding carboxylic acids is 2. The van der Waals surface area contributed by atoms with Crippen molar-refractivity contribution in [1.82, 2.24) is 5.32 Å². The molecule has 1 rings (SSSR count). The molecule has 0 bridgehead atoms. The molecular formula is C14H19BrN2O3. The van der Waals surface area contributed by atoms with Crippen LogP contribution in [0.5, 0.6) is 0 Å². The number of benzene rings is 1. The number of hydrogen-bond acceptors (Lipinski definition) is 4. The number of esters is 1. The van der Waals surface area contributed by atoms with Gasteiger partial charge in [-0.15, -0.1) is 0 Å². The van der Waals surface area contributed by atoms with E-state index in [0.29, 0.717) is 28.2 Å². The lowest BCUT2D eigenvalue weighted by Gasteiger charge is -2.15. The number of halogens is 1. The van der Waals surface area contributed by atoms with Crippen molar-refractivity contribution in [2.24, 2.45) is 5.92 Å². The fraction of sp³-hybridized carbons (Fsp3) is 0.429. The van der Waals surface area contributed by atoms with Crippen molar-refractivity contribution in [3.05, 3.63) is 28.2 Å². The van der Waals surface area contributed by atoms with Crippen LogP contribution in [0.4, 0.5) is 5.69 Å². The highest BCUT2D eigenvalue weighted by Gasteiger charge is 2.20. The third-order valence-electron chi connectivity index (χ3n) is 2.59. The molecule has 0 aliphatic carbocycles. The molecule has 0 spiro atoms. The van der Waals surface area contributed by atoms with Crippen molar-refractivity contribution in [2.45, 2.75) is 26.9 Å². The zero-order valence-corrected chi connectivity index (χ0v) is 13.4. The topological polar surface area (TPSA) is 81.4 Å². The average molecular weight is 343 g/mol. The van der Waals surface area contributed by atoms with E-state index in [2.05, 4.69) is 21.2 Å². The SMILES string of the molecule is CC(C)CNC(=O)C(C)OC(=O)c1cccc(N)c1Br. The van der Waals surface area contributed by atoms with Crippen molar-refractivity contribution in [2.75, 3.05) is 12.3 Å². The quantitative estimate of drug-likeness (QED) is 0.635. The third-order valence-corrected chi connectivity index (χ3v) is 3.47. The number of nitrogen functional groups attached to an aromatic ring is 1. The molecule has 1 amide bonds. The van der Waals surface area contributed by atoms with Gasteiger partial charge < -0.3 is 15.8 Å². The molecule has 20 heavy (non-hydrogen) atoms. The van der Waals surface area contributed by atoms with E-state index in [1.54, 1.807) is 18.2 Å². The molecule has 0 fully saturated rings. The lowest BCUT2D eigenvalue weighted by atomic mass is 10.2. The minimum atomic E-state index is -0.852. The predicted molar refractivity (Wildman–Crippen MR) is 81.3 cm³/mol. The van der Waals surface area contributed by atoms with Gasteiger partial charge >= 0.3 is 5.97 Å². The first-order chi connectivity index (χ1) is 9.32. The van der Waals surface area contributed by atoms with Gasteiger partial charge in [-0.2, -0.15) is 0 Å². The molecule has 1 unspecified atom stereocenters. The van der Waals surface area contributed by atoms with Crippen molar-refractivity contribution in [1.29, 1.82) is 0 Å². The molecule has 5 nitrogen and oxygen atoms in total. The highest BCUT2D eigenvalue weighted by Crippen LogP contribution is 2.24. The Morgan fingerprint density at radius 2 is 2.00 bits per heavy atom. The van der Waals surface area contributed by atoms with E-state index in [1.165, 1.54) is 6.92 Å². The highest BCUT2D eigenvalue weighted by atomic mass is 79.9. The summed E-state index contributed by atoms with van der Waals surface area (Å²) in [4.78, 5) is 23.7. The first-order valence-corrected chi connectivity index (χ1v) is 7.15. The summed E-state index contributed by atoms with van der Waals surface area (Å²) in [6, 6.07) is 4.90. The van der Waals surface area contributed by atoms with Crippen molar-refractivity contribution in [3.8, 4) is 0 Å². The van der Waals surface area contributed by atoms with Gasteiger partial charge in [-0.1, -0.05) is 19.9 Å². The van der Waals surface area contributed by atoms with Crippen molar-refractivity contribution in [3.63, 3.8) is 0 Å². The second-order valence-corrected chi connectivity index (χ2v) is 5.69. The number of amides is 1. The second kappa shape index (κ2) is 7.28. The Kier molecular flexibility index (Phi) is 6.01. The molecule has 0 radical (unpaired) electrons. The fourth-order valence-corrected chi connectivity index (χ4v) is 1.86. The molecule has 0 aromatic heterocycles. The Morgan fingerprint density at radius 3 is 2.60 bits per heavy atom. The number of nitrogens with one attached hydrogen (secondary N) is 1. The lowest BCUT2D eigenvalue weighted by molar-refractivity contribution is -0.129. The predicted octanol–water partition coefficient (Wildman–Crippen LogP) is 2.35. The van der Waals surface area contributed by atoms with E-state index in [1.807, 2.05) is 13.8 Å². The largest absolute Gasteiger partial charge is 0.449 e. The minimum Gasteiger partial charge on any atom is -0.449 e. The Morgan fingerprint density at radius 1 is 1.35 bits per heavy atom. The number of rotatable bonds is 5. The molecule has 3 N–H and O–H groups in total. The molecule has 0 aliphatic rings. The molecule has 0 heterocycles. The van der Waals surface area contributed by atoms with Gasteiger partial charge in [0.15, 0.2) is 6.10 Å². The Balaban J connectivity index is 2.66. The number of anilines is 1. The summed E-state index contributed by atoms with van der Waals surface area (Å²) in [5.41, 5.74) is 6.44. The van der Waals surface area contributed by atoms with Crippen LogP contribution in [0.3, 0.4) is 0 Å². The zero-order valence-electron chi connectivity index (χ0n) is 11.8. The van der Waals surface area contributed by atoms with Crippen LogP contribution in [0.15, 0.2) is 22.7 Å². The second-order valence-electron chi connectivity index (χ2n) is 4.90. The summed E-state index contributed by atoms with van der Waals surface area (Å²) in [5.74, 6) is -0.562. The molecule has 1 aromatic carbocycles. The van der Waals surface area contributed by atoms with Gasteiger partial charge in [0, 0.05) is 12.2 Å². The highest BCUT2D eigenvalue weighted by molar-refractivity contribution is 9.10. The van der Waals surface area contributed by atoms with Crippen LogP contribution in [0.1, 0.15) is 31.1 Å². The van der Waals surface area contributed by atoms with Crippen LogP contribution < -0.4 is 11.1 Å². The smallest absolute Gasteiger partial charge is 0.340 e. The normalized spacial score (nSPS) is 12.1. The molecule has 6 heteroatoms. The van der Waals surface area contributed by atoms with Crippen LogP contribution >= 0.6 is 15.9 Å². The summed E-state index contributed by atoms with van der Waals surface area (Å²) in [7, 11) is 0. The Hall–Kier alpha value is -1.56. The van der Waals surface area contributed by atoms with Gasteiger partial charge in [-0.3, -0.25) is 4.79 Å². The summed E-state index contributed by atoms with van der Waals surface area (Å²) in [6.45, 7) is 6.05. The molecule has 110 valence electrons. The number of hydrogen-bond donors (Lipinski definition) is 2. The van der Waals surface area contributed by atoms with E-state index >= 15 is 0 Å². The van der Waals surface area contributed by atoms with E-state index < -0.39 is 12.1 Å². The minimum absolute atomic E-state index is 0.300. The molecule has 1 atom stereocenters. The van der Waals surface area contributed by atoms with Crippen LogP contribution in [0.2, 0.25) is 0 Å². The van der Waals surface area contributed by atoms with Gasteiger partial charge in [0.05, 0.1) is 10.0 Å². The van der Waals surface area contributed by atoms with Gasteiger partial charge in [-0.25, -0.2) is 4.79 Å². The van der Waals surface area contributed by atoms with Gasteiger partial charge in [0.1, 0.15) is 0 Å². The summed E-state index contributed by atoms with van der Waals surface area (Å²) >= 11 is 3.23. The summed E-state index contributed by atoms with van der Waals surface area (Å²) in [5, 5.41) is 2.71. The number of nitrogens with two attached hydrogens (primary N) is 1. The molecule has 0 saturated carbocycles. The van der Waals surface area contributed by atoms with Crippen LogP contribution in [0, 0.1) is 5.92 Å². The lowest BCUT2D eigenvalue weighted by Crippen LogP contribution is -2.37. The maximum Gasteiger partial charge on any atom is 0.340 e. The maximum atomic E-state index is 12.0. The Labute approximate surface area is 127 Å². The van der Waals surface area contributed by atoms with Gasteiger partial charge in [-0.05, 0) is 40.9 Å². The van der Waals surface area contributed by atoms with Crippen LogP contribution in [-0.4, -0.2) is 24.5 Å². The molecule has 0 saturated heterocycles. The van der Waals surface area contributed by atoms with Gasteiger partial charge in [0.25, 0.3) is 5.91 Å². The van der Waals surface area contributed by atoms with Crippen LogP contribution in [0.25, 0.3) is 0 Å². The first kappa shape index (κ1) is 16.5. The van der Waals surface area contributed by atoms with E-state index in [-0.39, 0.29) is 5.91 Å². The molecule has 0 aliphatic heterocycles. The first-order valence-electron chi connectivity index (χ1n) is 6.35. The average Bonchev–Trinajstić information content (AvgIpc) is 2.38. The summed E-state index contributed by atoms with van der Waals surface area (Å²) < 4.78 is 5.60. The van der Waals surface area contributed by atoms with Crippen molar-refractivity contribution >= 4 is 33.5 Å². The Bertz CT molecular complexity index is 503. The van der Waals surface area contributed by atoms with Crippen molar-refractivity contribution < 1.29 is 14.3 Å². The monoisotopic (exact) mass is 342 g/mol. The summed E-state index contributed by atoms with van der Waals surface area (Å²) in [6.07, 6.45) is -0.852. The zero-order chi connectivity index (χ0) is 15.3. The fourth-order valence-electron chi connectivity index (χ4n) is 1.43. The van der Waals surface area contributed by atoms with Gasteiger partial charge in [0.2, 0.25) is 0 Å². The third kappa shape index (κ3) is 4.52. The van der Waals surface area contributed by atoms with E-state index in [4.69, 9.17) is 10.5 Å². The van der Waals surface area contributed by atoms with Crippen LogP contribution in [-0.2, 0) is 9.53 Å². The standard InChI is InChI=1S/C14H19BrN2O3/c1-8(2)7-17-13(18)9(3)20-14(19)10-5-4-6-11(16)12(10)15/h4-6,8-9H,7,16H2,1-3H3,(H,17,18). The van der Waals surface area contributed by atoms with E-state index in [9.17, 15) is 9.59 Å².